The molecule has 0 aliphatic heterocycles. The first kappa shape index (κ1) is 20.0. The molecule has 2 N–H and O–H groups in total. The summed E-state index contributed by atoms with van der Waals surface area (Å²) in [5.74, 6) is 0.575. The molecular weight excluding hydrogens is 308 g/mol. The van der Waals surface area contributed by atoms with Gasteiger partial charge in [-0.15, -0.1) is 0 Å². The molecule has 0 spiro atoms. The summed E-state index contributed by atoms with van der Waals surface area (Å²) in [5.41, 5.74) is 1.04. The Morgan fingerprint density at radius 3 is 2.46 bits per heavy atom. The van der Waals surface area contributed by atoms with Crippen molar-refractivity contribution in [2.75, 3.05) is 7.11 Å². The Balaban J connectivity index is 2.99. The number of carbonyl (C=O) groups is 2. The van der Waals surface area contributed by atoms with Crippen LogP contribution in [0.2, 0.25) is 0 Å². The molecule has 0 bridgehead atoms. The molecule has 1 heterocycles. The lowest BCUT2D eigenvalue weighted by atomic mass is 10.0. The maximum absolute atomic E-state index is 13.0. The van der Waals surface area contributed by atoms with Gasteiger partial charge in [-0.1, -0.05) is 27.7 Å². The number of aromatic nitrogens is 2. The van der Waals surface area contributed by atoms with E-state index in [9.17, 15) is 9.59 Å². The summed E-state index contributed by atoms with van der Waals surface area (Å²) in [6.45, 7) is 10.3. The summed E-state index contributed by atoms with van der Waals surface area (Å²) in [6, 6.07) is -0.597. The van der Waals surface area contributed by atoms with E-state index in [0.29, 0.717) is 6.54 Å². The van der Waals surface area contributed by atoms with Gasteiger partial charge in [0.2, 0.25) is 5.91 Å². The molecular formula is C17H30N4O3. The van der Waals surface area contributed by atoms with Gasteiger partial charge in [-0.2, -0.15) is 0 Å². The molecule has 0 radical (unpaired) electrons. The SMILES string of the molecule is CCc1cnc(CN(C(=O)C(NC(=O)OC)C(C)C)C(C)CC)[nH]1. The second-order valence-electron chi connectivity index (χ2n) is 6.29. The van der Waals surface area contributed by atoms with Gasteiger partial charge in [-0.3, -0.25) is 4.79 Å². The van der Waals surface area contributed by atoms with Crippen molar-refractivity contribution in [1.82, 2.24) is 20.2 Å². The number of methoxy groups -OCH3 is 1. The van der Waals surface area contributed by atoms with Crippen LogP contribution in [0.3, 0.4) is 0 Å². The average molecular weight is 338 g/mol. The van der Waals surface area contributed by atoms with E-state index in [0.717, 1.165) is 24.4 Å². The predicted octanol–water partition coefficient (Wildman–Crippen LogP) is 2.48. The minimum absolute atomic E-state index is 0.0355. The number of aryl methyl sites for hydroxylation is 1. The second kappa shape index (κ2) is 9.30. The summed E-state index contributed by atoms with van der Waals surface area (Å²) in [4.78, 5) is 33.9. The van der Waals surface area contributed by atoms with Crippen LogP contribution < -0.4 is 5.32 Å². The summed E-state index contributed by atoms with van der Waals surface area (Å²) < 4.78 is 4.64. The molecule has 2 amide bonds. The lowest BCUT2D eigenvalue weighted by molar-refractivity contribution is -0.137. The fourth-order valence-corrected chi connectivity index (χ4v) is 2.38. The topological polar surface area (TPSA) is 87.3 Å². The van der Waals surface area contributed by atoms with Crippen molar-refractivity contribution in [1.29, 1.82) is 0 Å². The number of amides is 2. The Morgan fingerprint density at radius 1 is 1.33 bits per heavy atom. The van der Waals surface area contributed by atoms with E-state index in [-0.39, 0.29) is 17.9 Å². The third-order valence-corrected chi connectivity index (χ3v) is 4.18. The molecule has 0 aliphatic carbocycles. The first-order valence-corrected chi connectivity index (χ1v) is 8.51. The normalized spacial score (nSPS) is 13.5. The molecule has 0 saturated carbocycles. The summed E-state index contributed by atoms with van der Waals surface area (Å²) in [5, 5.41) is 2.64. The van der Waals surface area contributed by atoms with E-state index in [4.69, 9.17) is 0 Å². The van der Waals surface area contributed by atoms with E-state index in [1.165, 1.54) is 7.11 Å². The second-order valence-corrected chi connectivity index (χ2v) is 6.29. The number of carbonyl (C=O) groups excluding carboxylic acids is 2. The van der Waals surface area contributed by atoms with Gasteiger partial charge in [0.1, 0.15) is 11.9 Å². The zero-order chi connectivity index (χ0) is 18.3. The first-order valence-electron chi connectivity index (χ1n) is 8.51. The Kier molecular flexibility index (Phi) is 7.74. The summed E-state index contributed by atoms with van der Waals surface area (Å²) in [7, 11) is 1.29. The van der Waals surface area contributed by atoms with Crippen molar-refractivity contribution < 1.29 is 14.3 Å². The quantitative estimate of drug-likeness (QED) is 0.762. The highest BCUT2D eigenvalue weighted by Crippen LogP contribution is 2.15. The van der Waals surface area contributed by atoms with Crippen LogP contribution >= 0.6 is 0 Å². The molecule has 7 heteroatoms. The number of rotatable bonds is 8. The molecule has 24 heavy (non-hydrogen) atoms. The van der Waals surface area contributed by atoms with Crippen LogP contribution in [0.5, 0.6) is 0 Å². The number of alkyl carbamates (subject to hydrolysis) is 1. The van der Waals surface area contributed by atoms with Crippen LogP contribution in [0.15, 0.2) is 6.20 Å². The monoisotopic (exact) mass is 338 g/mol. The van der Waals surface area contributed by atoms with Crippen LogP contribution in [-0.4, -0.2) is 46.1 Å². The summed E-state index contributed by atoms with van der Waals surface area (Å²) in [6.07, 6.45) is 2.87. The lowest BCUT2D eigenvalue weighted by Gasteiger charge is -2.33. The van der Waals surface area contributed by atoms with Crippen molar-refractivity contribution in [2.24, 2.45) is 5.92 Å². The fourth-order valence-electron chi connectivity index (χ4n) is 2.38. The van der Waals surface area contributed by atoms with Crippen molar-refractivity contribution in [3.05, 3.63) is 17.7 Å². The fraction of sp³-hybridized carbons (Fsp3) is 0.706. The van der Waals surface area contributed by atoms with E-state index >= 15 is 0 Å². The molecule has 0 aliphatic rings. The number of ether oxygens (including phenoxy) is 1. The number of hydrogen-bond donors (Lipinski definition) is 2. The van der Waals surface area contributed by atoms with Gasteiger partial charge in [0.15, 0.2) is 0 Å². The molecule has 1 aromatic rings. The van der Waals surface area contributed by atoms with E-state index in [1.54, 1.807) is 11.1 Å². The minimum Gasteiger partial charge on any atom is -0.453 e. The number of hydrogen-bond acceptors (Lipinski definition) is 4. The average Bonchev–Trinajstić information content (AvgIpc) is 3.03. The van der Waals surface area contributed by atoms with Crippen LogP contribution in [0.4, 0.5) is 4.79 Å². The highest BCUT2D eigenvalue weighted by molar-refractivity contribution is 5.86. The van der Waals surface area contributed by atoms with Gasteiger partial charge in [-0.25, -0.2) is 9.78 Å². The molecule has 0 saturated heterocycles. The van der Waals surface area contributed by atoms with Gasteiger partial charge in [0.25, 0.3) is 0 Å². The van der Waals surface area contributed by atoms with Crippen molar-refractivity contribution >= 4 is 12.0 Å². The zero-order valence-corrected chi connectivity index (χ0v) is 15.5. The Morgan fingerprint density at radius 2 is 2.00 bits per heavy atom. The number of imidazole rings is 1. The lowest BCUT2D eigenvalue weighted by Crippen LogP contribution is -2.53. The highest BCUT2D eigenvalue weighted by Gasteiger charge is 2.31. The zero-order valence-electron chi connectivity index (χ0n) is 15.5. The number of nitrogens with one attached hydrogen (secondary N) is 2. The van der Waals surface area contributed by atoms with Gasteiger partial charge < -0.3 is 19.9 Å². The van der Waals surface area contributed by atoms with Crippen molar-refractivity contribution in [3.8, 4) is 0 Å². The maximum atomic E-state index is 13.0. The standard InChI is InChI=1S/C17H30N4O3/c1-7-12(5)21(10-14-18-9-13(8-2)19-14)16(22)15(11(3)4)20-17(23)24-6/h9,11-12,15H,7-8,10H2,1-6H3,(H,18,19)(H,20,23). The Bertz CT molecular complexity index is 542. The molecule has 1 aromatic heterocycles. The molecule has 136 valence electrons. The minimum atomic E-state index is -0.632. The third-order valence-electron chi connectivity index (χ3n) is 4.18. The van der Waals surface area contributed by atoms with E-state index in [2.05, 4.69) is 20.0 Å². The predicted molar refractivity (Wildman–Crippen MR) is 92.4 cm³/mol. The first-order chi connectivity index (χ1) is 11.3. The van der Waals surface area contributed by atoms with Crippen molar-refractivity contribution in [2.45, 2.75) is 66.1 Å². The molecule has 2 atom stereocenters. The van der Waals surface area contributed by atoms with Crippen molar-refractivity contribution in [3.63, 3.8) is 0 Å². The Hall–Kier alpha value is -2.05. The largest absolute Gasteiger partial charge is 0.453 e. The van der Waals surface area contributed by atoms with Gasteiger partial charge >= 0.3 is 6.09 Å². The number of aromatic amines is 1. The van der Waals surface area contributed by atoms with Gasteiger partial charge in [0, 0.05) is 17.9 Å². The molecule has 7 nitrogen and oxygen atoms in total. The van der Waals surface area contributed by atoms with E-state index < -0.39 is 12.1 Å². The Labute approximate surface area is 144 Å². The summed E-state index contributed by atoms with van der Waals surface area (Å²) >= 11 is 0. The molecule has 0 fully saturated rings. The van der Waals surface area contributed by atoms with Crippen LogP contribution in [0, 0.1) is 5.92 Å². The van der Waals surface area contributed by atoms with Gasteiger partial charge in [-0.05, 0) is 25.7 Å². The van der Waals surface area contributed by atoms with E-state index in [1.807, 2.05) is 34.6 Å². The molecule has 1 rings (SSSR count). The smallest absolute Gasteiger partial charge is 0.407 e. The van der Waals surface area contributed by atoms with Crippen LogP contribution in [0.25, 0.3) is 0 Å². The van der Waals surface area contributed by atoms with Crippen LogP contribution in [-0.2, 0) is 22.5 Å². The number of H-pyrrole nitrogens is 1. The highest BCUT2D eigenvalue weighted by atomic mass is 16.5. The number of nitrogens with zero attached hydrogens (tertiary/aromatic N) is 2. The molecule has 2 unspecified atom stereocenters. The molecule has 0 aromatic carbocycles. The maximum Gasteiger partial charge on any atom is 0.407 e. The third kappa shape index (κ3) is 5.25. The van der Waals surface area contributed by atoms with Gasteiger partial charge in [0.05, 0.1) is 13.7 Å². The van der Waals surface area contributed by atoms with Crippen LogP contribution in [0.1, 0.15) is 52.6 Å².